The van der Waals surface area contributed by atoms with Crippen LogP contribution < -0.4 is 5.73 Å². The molecular weight excluding hydrogens is 533 g/mol. The molecule has 4 aliphatic rings. The number of aromatic hydroxyl groups is 1. The summed E-state index contributed by atoms with van der Waals surface area (Å²) in [4.78, 5) is 69.8. The third-order valence-corrected chi connectivity index (χ3v) is 9.74. The summed E-state index contributed by atoms with van der Waals surface area (Å²) in [5.41, 5.74) is 2.49. The molecule has 3 fully saturated rings. The molecule has 0 spiro atoms. The van der Waals surface area contributed by atoms with Gasteiger partial charge < -0.3 is 15.9 Å². The lowest BCUT2D eigenvalue weighted by atomic mass is 9.52. The summed E-state index contributed by atoms with van der Waals surface area (Å²) < 4.78 is 16.1. The molecule has 10 nitrogen and oxygen atoms in total. The van der Waals surface area contributed by atoms with Gasteiger partial charge in [-0.2, -0.15) is 0 Å². The summed E-state index contributed by atoms with van der Waals surface area (Å²) in [6.45, 7) is 3.89. The lowest BCUT2D eigenvalue weighted by Gasteiger charge is -2.52. The van der Waals surface area contributed by atoms with Gasteiger partial charge in [-0.1, -0.05) is 13.3 Å². The first kappa shape index (κ1) is 29.5. The summed E-state index contributed by atoms with van der Waals surface area (Å²) >= 11 is 0. The first-order valence-corrected chi connectivity index (χ1v) is 14.4. The fraction of sp³-hybridized carbons (Fsp3) is 0.633. The number of fused-ring (bicyclic) bond motifs is 3. The number of aliphatic hydroxyl groups is 1. The second-order valence-electron chi connectivity index (χ2n) is 12.5. The van der Waals surface area contributed by atoms with Gasteiger partial charge in [0, 0.05) is 30.1 Å². The maximum Gasteiger partial charge on any atom is 0.235 e. The number of nitrogens with two attached hydrogens (primary N) is 1. The number of primary amides is 1. The molecule has 0 radical (unpaired) electrons. The molecule has 11 heteroatoms. The standard InChI is InChI=1S/C30H38FN3O7/c1-4-8-34(12-14-6-5-7-14)13-16-11-19(35)21-17(23(16)31)9-15-10-18-24(33(2)3)26(37)22(29(32)40)28(39)30(18,41)27(38)20(15)25(21)36/h11,14-15,18,20,22,24,35,41H,4-10,12-13H2,1-3H3,(H2,32,40)/t15-,18-,20?,22?,24-,30-/m0/s1. The van der Waals surface area contributed by atoms with Crippen LogP contribution in [0.3, 0.4) is 0 Å². The van der Waals surface area contributed by atoms with E-state index in [4.69, 9.17) is 5.73 Å². The Morgan fingerprint density at radius 3 is 2.41 bits per heavy atom. The number of halogens is 1. The van der Waals surface area contributed by atoms with Crippen LogP contribution in [0, 0.1) is 35.4 Å². The van der Waals surface area contributed by atoms with Crippen LogP contribution >= 0.6 is 0 Å². The summed E-state index contributed by atoms with van der Waals surface area (Å²) in [5, 5.41) is 22.6. The molecule has 1 aromatic rings. The van der Waals surface area contributed by atoms with Gasteiger partial charge in [-0.3, -0.25) is 33.8 Å². The summed E-state index contributed by atoms with van der Waals surface area (Å²) in [5.74, 6) is -11.6. The molecule has 222 valence electrons. The Hall–Kier alpha value is -3.02. The van der Waals surface area contributed by atoms with E-state index in [9.17, 15) is 34.2 Å². The van der Waals surface area contributed by atoms with Crippen molar-refractivity contribution in [2.75, 3.05) is 27.2 Å². The predicted molar refractivity (Wildman–Crippen MR) is 144 cm³/mol. The number of phenols is 1. The van der Waals surface area contributed by atoms with Gasteiger partial charge in [0.05, 0.1) is 17.5 Å². The van der Waals surface area contributed by atoms with E-state index in [-0.39, 0.29) is 36.1 Å². The third kappa shape index (κ3) is 4.53. The first-order valence-electron chi connectivity index (χ1n) is 14.4. The Morgan fingerprint density at radius 1 is 1.17 bits per heavy atom. The zero-order valence-corrected chi connectivity index (χ0v) is 23.7. The van der Waals surface area contributed by atoms with E-state index >= 15 is 4.39 Å². The molecule has 0 aliphatic heterocycles. The number of benzene rings is 1. The third-order valence-electron chi connectivity index (χ3n) is 9.74. The quantitative estimate of drug-likeness (QED) is 0.387. The van der Waals surface area contributed by atoms with Crippen molar-refractivity contribution < 1.29 is 38.6 Å². The minimum absolute atomic E-state index is 0.00876. The maximum absolute atomic E-state index is 16.1. The first-order chi connectivity index (χ1) is 19.3. The maximum atomic E-state index is 16.1. The van der Waals surface area contributed by atoms with Crippen molar-refractivity contribution in [3.8, 4) is 5.75 Å². The molecule has 0 saturated heterocycles. The van der Waals surface area contributed by atoms with Crippen LogP contribution in [0.25, 0.3) is 0 Å². The number of carbonyl (C=O) groups is 5. The molecule has 2 unspecified atom stereocenters. The number of ketones is 4. The van der Waals surface area contributed by atoms with Crippen LogP contribution in [0.15, 0.2) is 6.07 Å². The second-order valence-corrected chi connectivity index (χ2v) is 12.5. The molecule has 6 atom stereocenters. The van der Waals surface area contributed by atoms with Crippen molar-refractivity contribution in [2.45, 2.75) is 63.6 Å². The molecule has 1 amide bonds. The van der Waals surface area contributed by atoms with Gasteiger partial charge in [0.15, 0.2) is 34.7 Å². The lowest BCUT2D eigenvalue weighted by Crippen LogP contribution is -2.74. The largest absolute Gasteiger partial charge is 0.507 e. The van der Waals surface area contributed by atoms with Crippen molar-refractivity contribution in [1.29, 1.82) is 0 Å². The topological polar surface area (TPSA) is 158 Å². The minimum atomic E-state index is -2.80. The van der Waals surface area contributed by atoms with Gasteiger partial charge >= 0.3 is 0 Å². The molecule has 4 N–H and O–H groups in total. The van der Waals surface area contributed by atoms with Gasteiger partial charge in [0.2, 0.25) is 5.91 Å². The van der Waals surface area contributed by atoms with E-state index in [1.165, 1.54) is 31.5 Å². The van der Waals surface area contributed by atoms with Crippen molar-refractivity contribution in [3.05, 3.63) is 28.6 Å². The van der Waals surface area contributed by atoms with Crippen LogP contribution in [0.1, 0.15) is 60.5 Å². The minimum Gasteiger partial charge on any atom is -0.507 e. The van der Waals surface area contributed by atoms with E-state index in [1.807, 2.05) is 6.92 Å². The molecular formula is C30H38FN3O7. The van der Waals surface area contributed by atoms with E-state index in [0.717, 1.165) is 32.4 Å². The summed E-state index contributed by atoms with van der Waals surface area (Å²) in [7, 11) is 3.04. The van der Waals surface area contributed by atoms with E-state index in [0.29, 0.717) is 5.92 Å². The highest BCUT2D eigenvalue weighted by atomic mass is 19.1. The smallest absolute Gasteiger partial charge is 0.235 e. The van der Waals surface area contributed by atoms with Gasteiger partial charge in [-0.25, -0.2) is 4.39 Å². The highest BCUT2D eigenvalue weighted by Gasteiger charge is 2.69. The fourth-order valence-corrected chi connectivity index (χ4v) is 7.66. The molecule has 0 bridgehead atoms. The summed E-state index contributed by atoms with van der Waals surface area (Å²) in [6, 6.07) is 0.0336. The van der Waals surface area contributed by atoms with Gasteiger partial charge in [0.1, 0.15) is 11.6 Å². The summed E-state index contributed by atoms with van der Waals surface area (Å²) in [6.07, 6.45) is 4.13. The normalized spacial score (nSPS) is 31.6. The molecule has 4 aliphatic carbocycles. The number of hydrogen-bond acceptors (Lipinski definition) is 9. The van der Waals surface area contributed by atoms with E-state index in [2.05, 4.69) is 4.90 Å². The number of carbonyl (C=O) groups excluding carboxylic acids is 5. The van der Waals surface area contributed by atoms with Crippen molar-refractivity contribution in [1.82, 2.24) is 9.80 Å². The number of rotatable bonds is 8. The van der Waals surface area contributed by atoms with Gasteiger partial charge in [-0.15, -0.1) is 0 Å². The van der Waals surface area contributed by atoms with E-state index < -0.39 is 75.9 Å². The van der Waals surface area contributed by atoms with Crippen molar-refractivity contribution in [2.24, 2.45) is 35.3 Å². The number of Topliss-reactive ketones (excluding diaryl/α,β-unsaturated/α-hetero) is 4. The van der Waals surface area contributed by atoms with Crippen molar-refractivity contribution >= 4 is 29.0 Å². The molecule has 0 heterocycles. The number of hydrogen-bond donors (Lipinski definition) is 3. The van der Waals surface area contributed by atoms with Crippen LogP contribution in [0.5, 0.6) is 5.75 Å². The van der Waals surface area contributed by atoms with Gasteiger partial charge in [-0.05, 0) is 70.6 Å². The lowest BCUT2D eigenvalue weighted by molar-refractivity contribution is -0.181. The van der Waals surface area contributed by atoms with Crippen LogP contribution in [0.4, 0.5) is 4.39 Å². The zero-order valence-electron chi connectivity index (χ0n) is 23.7. The monoisotopic (exact) mass is 571 g/mol. The average molecular weight is 572 g/mol. The number of likely N-dealkylation sites (N-methyl/N-ethyl adjacent to an activating group) is 1. The SMILES string of the molecule is CCCN(Cc1cc(O)c2c(c1F)C[C@H]1C[C@H]3[C@H](N(C)C)C(=O)C(C(N)=O)C(=O)[C@@]3(O)C(=O)C1C2=O)CC1CCC1. The number of amides is 1. The Kier molecular flexibility index (Phi) is 7.67. The Balaban J connectivity index is 1.53. The molecule has 0 aromatic heterocycles. The van der Waals surface area contributed by atoms with Crippen LogP contribution in [-0.4, -0.2) is 87.9 Å². The molecule has 5 rings (SSSR count). The Labute approximate surface area is 238 Å². The second kappa shape index (κ2) is 10.7. The highest BCUT2D eigenvalue weighted by molar-refractivity contribution is 6.32. The van der Waals surface area contributed by atoms with Gasteiger partial charge in [0.25, 0.3) is 0 Å². The molecule has 1 aromatic carbocycles. The van der Waals surface area contributed by atoms with E-state index in [1.54, 1.807) is 0 Å². The fourth-order valence-electron chi connectivity index (χ4n) is 7.66. The highest BCUT2D eigenvalue weighted by Crippen LogP contribution is 2.51. The molecule has 41 heavy (non-hydrogen) atoms. The zero-order chi connectivity index (χ0) is 30.0. The molecule has 3 saturated carbocycles. The Bertz CT molecular complexity index is 1330. The van der Waals surface area contributed by atoms with Crippen LogP contribution in [-0.2, 0) is 32.1 Å². The van der Waals surface area contributed by atoms with Crippen LogP contribution in [0.2, 0.25) is 0 Å². The number of phenolic OH excluding ortho intramolecular Hbond substituents is 1. The number of nitrogens with zero attached hydrogens (tertiary/aromatic N) is 2. The Morgan fingerprint density at radius 2 is 1.85 bits per heavy atom. The average Bonchev–Trinajstić information content (AvgIpc) is 2.86. The van der Waals surface area contributed by atoms with Crippen molar-refractivity contribution in [3.63, 3.8) is 0 Å². The predicted octanol–water partition coefficient (Wildman–Crippen LogP) is 1.02.